The number of nitrogens with two attached hydrogens (primary N) is 1. The van der Waals surface area contributed by atoms with E-state index in [0.29, 0.717) is 0 Å². The maximum Gasteiger partial charge on any atom is 0.342 e. The van der Waals surface area contributed by atoms with Gasteiger partial charge in [-0.3, -0.25) is 4.57 Å². The quantitative estimate of drug-likeness (QED) is 0.605. The SMILES string of the molecule is N[C@@H](Cc1c[nH]c2ccccc12)P(=O)(O)O. The Hall–Kier alpha value is -1.13. The molecule has 6 heteroatoms. The van der Waals surface area contributed by atoms with E-state index in [0.717, 1.165) is 16.5 Å². The first-order chi connectivity index (χ1) is 7.48. The largest absolute Gasteiger partial charge is 0.361 e. The van der Waals surface area contributed by atoms with Crippen molar-refractivity contribution in [2.45, 2.75) is 12.2 Å². The van der Waals surface area contributed by atoms with Crippen LogP contribution in [0.5, 0.6) is 0 Å². The average molecular weight is 240 g/mol. The summed E-state index contributed by atoms with van der Waals surface area (Å²) in [5, 5.41) is 0.950. The molecule has 0 bridgehead atoms. The third kappa shape index (κ3) is 2.18. The van der Waals surface area contributed by atoms with Crippen LogP contribution in [0.1, 0.15) is 5.56 Å². The zero-order valence-electron chi connectivity index (χ0n) is 8.50. The third-order valence-corrected chi connectivity index (χ3v) is 3.58. The summed E-state index contributed by atoms with van der Waals surface area (Å²) in [6.07, 6.45) is 1.90. The summed E-state index contributed by atoms with van der Waals surface area (Å²) in [6, 6.07) is 7.57. The molecule has 0 aliphatic heterocycles. The van der Waals surface area contributed by atoms with Gasteiger partial charge in [-0.15, -0.1) is 0 Å². The smallest absolute Gasteiger partial charge is 0.342 e. The molecule has 0 saturated carbocycles. The fourth-order valence-corrected chi connectivity index (χ4v) is 2.08. The van der Waals surface area contributed by atoms with Gasteiger partial charge in [-0.1, -0.05) is 18.2 Å². The highest BCUT2D eigenvalue weighted by molar-refractivity contribution is 7.52. The number of para-hydroxylation sites is 1. The van der Waals surface area contributed by atoms with Crippen LogP contribution in [-0.2, 0) is 11.0 Å². The molecule has 86 valence electrons. The Morgan fingerprint density at radius 3 is 2.75 bits per heavy atom. The molecule has 2 aromatic rings. The van der Waals surface area contributed by atoms with Gasteiger partial charge < -0.3 is 20.5 Å². The van der Waals surface area contributed by atoms with Gasteiger partial charge in [0.1, 0.15) is 5.78 Å². The zero-order chi connectivity index (χ0) is 11.8. The molecule has 0 radical (unpaired) electrons. The first-order valence-corrected chi connectivity index (χ1v) is 6.52. The Labute approximate surface area is 92.4 Å². The first-order valence-electron chi connectivity index (χ1n) is 4.84. The Morgan fingerprint density at radius 1 is 1.38 bits per heavy atom. The lowest BCUT2D eigenvalue weighted by Crippen LogP contribution is -2.22. The van der Waals surface area contributed by atoms with E-state index >= 15 is 0 Å². The highest BCUT2D eigenvalue weighted by Gasteiger charge is 2.25. The lowest BCUT2D eigenvalue weighted by molar-refractivity contribution is 0.358. The van der Waals surface area contributed by atoms with Crippen molar-refractivity contribution in [2.24, 2.45) is 5.73 Å². The van der Waals surface area contributed by atoms with Crippen LogP contribution in [-0.4, -0.2) is 20.6 Å². The minimum atomic E-state index is -4.21. The van der Waals surface area contributed by atoms with Crippen LogP contribution >= 0.6 is 7.60 Å². The molecule has 1 heterocycles. The summed E-state index contributed by atoms with van der Waals surface area (Å²) >= 11 is 0. The molecule has 5 nitrogen and oxygen atoms in total. The van der Waals surface area contributed by atoms with Crippen molar-refractivity contribution < 1.29 is 14.4 Å². The van der Waals surface area contributed by atoms with Crippen LogP contribution in [0, 0.1) is 0 Å². The van der Waals surface area contributed by atoms with Crippen LogP contribution in [0.2, 0.25) is 0 Å². The Morgan fingerprint density at radius 2 is 2.06 bits per heavy atom. The van der Waals surface area contributed by atoms with Gasteiger partial charge >= 0.3 is 7.60 Å². The van der Waals surface area contributed by atoms with Gasteiger partial charge in [-0.05, 0) is 11.6 Å². The number of benzene rings is 1. The predicted octanol–water partition coefficient (Wildman–Crippen LogP) is 1.17. The Bertz CT molecular complexity index is 546. The van der Waals surface area contributed by atoms with E-state index in [1.807, 2.05) is 24.3 Å². The highest BCUT2D eigenvalue weighted by Crippen LogP contribution is 2.40. The van der Waals surface area contributed by atoms with E-state index in [1.54, 1.807) is 6.20 Å². The number of hydrogen-bond acceptors (Lipinski definition) is 2. The molecule has 0 amide bonds. The molecule has 1 atom stereocenters. The van der Waals surface area contributed by atoms with Crippen LogP contribution < -0.4 is 5.73 Å². The van der Waals surface area contributed by atoms with Gasteiger partial charge in [0.25, 0.3) is 0 Å². The Kier molecular flexibility index (Phi) is 2.86. The van der Waals surface area contributed by atoms with Crippen LogP contribution in [0.15, 0.2) is 30.5 Å². The summed E-state index contributed by atoms with van der Waals surface area (Å²) in [7, 11) is -4.21. The fraction of sp³-hybridized carbons (Fsp3) is 0.200. The summed E-state index contributed by atoms with van der Waals surface area (Å²) in [6.45, 7) is 0. The zero-order valence-corrected chi connectivity index (χ0v) is 9.39. The fourth-order valence-electron chi connectivity index (χ4n) is 1.64. The third-order valence-electron chi connectivity index (χ3n) is 2.54. The van der Waals surface area contributed by atoms with Gasteiger partial charge in [0.15, 0.2) is 0 Å². The van der Waals surface area contributed by atoms with Crippen molar-refractivity contribution in [3.05, 3.63) is 36.0 Å². The highest BCUT2D eigenvalue weighted by atomic mass is 31.2. The van der Waals surface area contributed by atoms with Gasteiger partial charge in [-0.2, -0.15) is 0 Å². The second-order valence-corrected chi connectivity index (χ2v) is 5.56. The van der Waals surface area contributed by atoms with Crippen molar-refractivity contribution in [1.82, 2.24) is 4.98 Å². The molecule has 0 fully saturated rings. The van der Waals surface area contributed by atoms with Crippen molar-refractivity contribution in [2.75, 3.05) is 0 Å². The molecule has 0 aliphatic carbocycles. The standard InChI is InChI=1S/C10H13N2O3P/c11-10(16(13,14)15)5-7-6-12-9-4-2-1-3-8(7)9/h1-4,6,10,12H,5,11H2,(H2,13,14,15)/t10-/m1/s1. The molecule has 2 rings (SSSR count). The second-order valence-electron chi connectivity index (χ2n) is 3.72. The van der Waals surface area contributed by atoms with Gasteiger partial charge in [-0.25, -0.2) is 0 Å². The molecule has 0 spiro atoms. The van der Waals surface area contributed by atoms with Gasteiger partial charge in [0.05, 0.1) is 0 Å². The number of nitrogens with one attached hydrogen (secondary N) is 1. The normalized spacial score (nSPS) is 14.2. The summed E-state index contributed by atoms with van der Waals surface area (Å²) < 4.78 is 11.0. The number of rotatable bonds is 3. The molecule has 1 aromatic heterocycles. The van der Waals surface area contributed by atoms with E-state index in [-0.39, 0.29) is 6.42 Å². The van der Waals surface area contributed by atoms with Crippen LogP contribution in [0.4, 0.5) is 0 Å². The minimum Gasteiger partial charge on any atom is -0.361 e. The number of aromatic amines is 1. The number of hydrogen-bond donors (Lipinski definition) is 4. The minimum absolute atomic E-state index is 0.161. The first kappa shape index (κ1) is 11.4. The summed E-state index contributed by atoms with van der Waals surface area (Å²) in [5.41, 5.74) is 7.22. The number of H-pyrrole nitrogens is 1. The molecular weight excluding hydrogens is 227 g/mol. The molecule has 0 saturated heterocycles. The summed E-state index contributed by atoms with van der Waals surface area (Å²) in [4.78, 5) is 20.9. The Balaban J connectivity index is 2.32. The lowest BCUT2D eigenvalue weighted by atomic mass is 10.1. The predicted molar refractivity (Wildman–Crippen MR) is 62.0 cm³/mol. The van der Waals surface area contributed by atoms with Crippen molar-refractivity contribution >= 4 is 18.5 Å². The molecule has 16 heavy (non-hydrogen) atoms. The van der Waals surface area contributed by atoms with Gasteiger partial charge in [0, 0.05) is 23.5 Å². The number of aromatic nitrogens is 1. The summed E-state index contributed by atoms with van der Waals surface area (Å²) in [5.74, 6) is -1.15. The van der Waals surface area contributed by atoms with E-state index in [9.17, 15) is 4.57 Å². The average Bonchev–Trinajstić information content (AvgIpc) is 2.61. The van der Waals surface area contributed by atoms with Crippen molar-refractivity contribution in [1.29, 1.82) is 0 Å². The lowest BCUT2D eigenvalue weighted by Gasteiger charge is -2.12. The second kappa shape index (κ2) is 4.03. The maximum absolute atomic E-state index is 11.0. The molecule has 5 N–H and O–H groups in total. The van der Waals surface area contributed by atoms with E-state index in [2.05, 4.69) is 4.98 Å². The van der Waals surface area contributed by atoms with Crippen molar-refractivity contribution in [3.63, 3.8) is 0 Å². The van der Waals surface area contributed by atoms with Gasteiger partial charge in [0.2, 0.25) is 0 Å². The molecule has 0 aliphatic rings. The maximum atomic E-state index is 11.0. The van der Waals surface area contributed by atoms with E-state index in [1.165, 1.54) is 0 Å². The van der Waals surface area contributed by atoms with Crippen LogP contribution in [0.3, 0.4) is 0 Å². The topological polar surface area (TPSA) is 99.3 Å². The van der Waals surface area contributed by atoms with Crippen LogP contribution in [0.25, 0.3) is 10.9 Å². The molecule has 1 aromatic carbocycles. The monoisotopic (exact) mass is 240 g/mol. The van der Waals surface area contributed by atoms with E-state index < -0.39 is 13.4 Å². The molecule has 0 unspecified atom stereocenters. The van der Waals surface area contributed by atoms with Crippen molar-refractivity contribution in [3.8, 4) is 0 Å². The molecular formula is C10H13N2O3P. The van der Waals surface area contributed by atoms with E-state index in [4.69, 9.17) is 15.5 Å². The number of fused-ring (bicyclic) bond motifs is 1.